The summed E-state index contributed by atoms with van der Waals surface area (Å²) in [5, 5.41) is 8.52. The van der Waals surface area contributed by atoms with E-state index in [1.807, 2.05) is 0 Å². The minimum atomic E-state index is -5.25. The summed E-state index contributed by atoms with van der Waals surface area (Å²) in [6.45, 7) is 0. The molecular weight excluding hydrogens is 411 g/mol. The number of halogens is 7. The van der Waals surface area contributed by atoms with Crippen LogP contribution >= 0.6 is 22.6 Å². The first-order chi connectivity index (χ1) is 8.92. The Hall–Kier alpha value is -1.27. The Balaban J connectivity index is 3.41. The predicted octanol–water partition coefficient (Wildman–Crippen LogP) is 3.23. The molecule has 0 bridgehead atoms. The molecule has 1 aromatic heterocycles. The van der Waals surface area contributed by atoms with Crippen molar-refractivity contribution in [2.45, 2.75) is 19.0 Å². The summed E-state index contributed by atoms with van der Waals surface area (Å²) < 4.78 is 76.7. The van der Waals surface area contributed by atoms with Crippen LogP contribution in [0.4, 0.5) is 26.3 Å². The Labute approximate surface area is 120 Å². The topological polar surface area (TPSA) is 59.4 Å². The average molecular weight is 415 g/mol. The molecule has 0 saturated carbocycles. The van der Waals surface area contributed by atoms with Crippen molar-refractivity contribution in [2.75, 3.05) is 0 Å². The molecule has 1 rings (SSSR count). The van der Waals surface area contributed by atoms with Gasteiger partial charge in [0.1, 0.15) is 5.75 Å². The number of pyridine rings is 1. The van der Waals surface area contributed by atoms with Crippen LogP contribution in [0.2, 0.25) is 0 Å². The van der Waals surface area contributed by atoms with E-state index in [4.69, 9.17) is 5.11 Å². The maximum atomic E-state index is 12.5. The zero-order valence-corrected chi connectivity index (χ0v) is 11.3. The lowest BCUT2D eigenvalue weighted by molar-refractivity contribution is -0.275. The largest absolute Gasteiger partial charge is 0.573 e. The van der Waals surface area contributed by atoms with Crippen LogP contribution in [0, 0.1) is 3.57 Å². The van der Waals surface area contributed by atoms with Crippen molar-refractivity contribution < 1.29 is 41.0 Å². The highest BCUT2D eigenvalue weighted by Gasteiger charge is 2.40. The molecule has 0 saturated heterocycles. The quantitative estimate of drug-likeness (QED) is 0.609. The molecule has 0 aliphatic rings. The van der Waals surface area contributed by atoms with E-state index in [2.05, 4.69) is 9.72 Å². The second-order valence-corrected chi connectivity index (χ2v) is 4.47. The third-order valence-electron chi connectivity index (χ3n) is 1.88. The molecule has 1 heterocycles. The number of aromatic nitrogens is 1. The molecule has 0 radical (unpaired) electrons. The van der Waals surface area contributed by atoms with Gasteiger partial charge in [0.15, 0.2) is 5.69 Å². The summed E-state index contributed by atoms with van der Waals surface area (Å²) in [7, 11) is 0. The maximum Gasteiger partial charge on any atom is 0.573 e. The molecule has 20 heavy (non-hydrogen) atoms. The van der Waals surface area contributed by atoms with Crippen LogP contribution in [0.1, 0.15) is 11.3 Å². The van der Waals surface area contributed by atoms with Gasteiger partial charge in [0.2, 0.25) is 0 Å². The zero-order valence-electron chi connectivity index (χ0n) is 9.14. The van der Waals surface area contributed by atoms with Crippen LogP contribution in [0.25, 0.3) is 0 Å². The van der Waals surface area contributed by atoms with Crippen LogP contribution in [0.5, 0.6) is 5.75 Å². The first-order valence-electron chi connectivity index (χ1n) is 4.64. The monoisotopic (exact) mass is 415 g/mol. The van der Waals surface area contributed by atoms with Gasteiger partial charge in [0, 0.05) is 11.8 Å². The number of aliphatic carboxylic acids is 1. The Morgan fingerprint density at radius 1 is 1.30 bits per heavy atom. The Bertz CT molecular complexity index is 528. The molecule has 0 aromatic carbocycles. The molecule has 0 unspecified atom stereocenters. The molecule has 0 fully saturated rings. The molecule has 4 nitrogen and oxygen atoms in total. The van der Waals surface area contributed by atoms with Crippen molar-refractivity contribution in [1.29, 1.82) is 0 Å². The molecule has 112 valence electrons. The normalized spacial score (nSPS) is 12.3. The van der Waals surface area contributed by atoms with E-state index in [-0.39, 0.29) is 0 Å². The van der Waals surface area contributed by atoms with E-state index >= 15 is 0 Å². The lowest BCUT2D eigenvalue weighted by atomic mass is 10.1. The molecule has 1 aromatic rings. The van der Waals surface area contributed by atoms with Gasteiger partial charge in [-0.2, -0.15) is 13.2 Å². The van der Waals surface area contributed by atoms with Gasteiger partial charge in [-0.25, -0.2) is 0 Å². The fraction of sp³-hybridized carbons (Fsp3) is 0.333. The van der Waals surface area contributed by atoms with Gasteiger partial charge in [-0.15, -0.1) is 13.2 Å². The summed E-state index contributed by atoms with van der Waals surface area (Å²) in [4.78, 5) is 13.4. The Morgan fingerprint density at radius 2 is 1.85 bits per heavy atom. The van der Waals surface area contributed by atoms with Gasteiger partial charge < -0.3 is 9.84 Å². The van der Waals surface area contributed by atoms with Crippen molar-refractivity contribution >= 4 is 28.6 Å². The summed E-state index contributed by atoms with van der Waals surface area (Å²) >= 11 is 0.978. The lowest BCUT2D eigenvalue weighted by Crippen LogP contribution is -2.22. The summed E-state index contributed by atoms with van der Waals surface area (Å²) in [5.41, 5.74) is -2.18. The highest BCUT2D eigenvalue weighted by Crippen LogP contribution is 2.39. The highest BCUT2D eigenvalue weighted by atomic mass is 127. The number of hydrogen-bond donors (Lipinski definition) is 1. The van der Waals surface area contributed by atoms with Gasteiger partial charge in [-0.05, 0) is 22.6 Å². The second kappa shape index (κ2) is 5.61. The lowest BCUT2D eigenvalue weighted by Gasteiger charge is -2.17. The first kappa shape index (κ1) is 16.8. The standard InChI is InChI=1S/C9H4F6INO3/c10-8(11,12)7-5(16)6(20-9(13,14)15)3(2-17-7)1-4(18)19/h2H,1H2,(H,18,19). The highest BCUT2D eigenvalue weighted by molar-refractivity contribution is 14.1. The van der Waals surface area contributed by atoms with Gasteiger partial charge in [0.25, 0.3) is 0 Å². The number of nitrogens with zero attached hydrogens (tertiary/aromatic N) is 1. The minimum Gasteiger partial charge on any atom is -0.481 e. The van der Waals surface area contributed by atoms with E-state index in [1.54, 1.807) is 0 Å². The van der Waals surface area contributed by atoms with Gasteiger partial charge in [-0.3, -0.25) is 9.78 Å². The molecule has 0 aliphatic carbocycles. The van der Waals surface area contributed by atoms with Crippen molar-refractivity contribution in [3.8, 4) is 5.75 Å². The third-order valence-corrected chi connectivity index (χ3v) is 2.88. The summed E-state index contributed by atoms with van der Waals surface area (Å²) in [6, 6.07) is 0. The van der Waals surface area contributed by atoms with Crippen LogP contribution < -0.4 is 4.74 Å². The van der Waals surface area contributed by atoms with E-state index in [0.717, 1.165) is 22.6 Å². The number of carboxylic acids is 1. The van der Waals surface area contributed by atoms with Crippen LogP contribution in [-0.2, 0) is 17.4 Å². The van der Waals surface area contributed by atoms with Crippen LogP contribution in [0.15, 0.2) is 6.20 Å². The maximum absolute atomic E-state index is 12.5. The SMILES string of the molecule is O=C(O)Cc1cnc(C(F)(F)F)c(I)c1OC(F)(F)F. The first-order valence-corrected chi connectivity index (χ1v) is 5.72. The zero-order chi connectivity index (χ0) is 15.7. The number of alkyl halides is 6. The number of carbonyl (C=O) groups is 1. The van der Waals surface area contributed by atoms with E-state index in [0.29, 0.717) is 6.20 Å². The predicted molar refractivity (Wildman–Crippen MR) is 60.0 cm³/mol. The van der Waals surface area contributed by atoms with E-state index in [1.165, 1.54) is 0 Å². The third kappa shape index (κ3) is 4.38. The van der Waals surface area contributed by atoms with Gasteiger partial charge in [-0.1, -0.05) is 0 Å². The number of carboxylic acid groups (broad SMARTS) is 1. The summed E-state index contributed by atoms with van der Waals surface area (Å²) in [5.74, 6) is -2.74. The molecule has 0 spiro atoms. The molecule has 11 heteroatoms. The average Bonchev–Trinajstić information content (AvgIpc) is 2.19. The second-order valence-electron chi connectivity index (χ2n) is 3.39. The smallest absolute Gasteiger partial charge is 0.481 e. The molecule has 0 atom stereocenters. The molecular formula is C9H4F6INO3. The van der Waals surface area contributed by atoms with Crippen molar-refractivity contribution in [1.82, 2.24) is 4.98 Å². The Morgan fingerprint density at radius 3 is 2.25 bits per heavy atom. The van der Waals surface area contributed by atoms with Gasteiger partial charge >= 0.3 is 18.5 Å². The van der Waals surface area contributed by atoms with Crippen LogP contribution in [0.3, 0.4) is 0 Å². The fourth-order valence-corrected chi connectivity index (χ4v) is 2.12. The van der Waals surface area contributed by atoms with Crippen molar-refractivity contribution in [3.63, 3.8) is 0 Å². The molecule has 0 amide bonds. The minimum absolute atomic E-state index is 0.403. The van der Waals surface area contributed by atoms with E-state index in [9.17, 15) is 31.1 Å². The number of rotatable bonds is 3. The van der Waals surface area contributed by atoms with E-state index < -0.39 is 45.5 Å². The molecule has 1 N–H and O–H groups in total. The van der Waals surface area contributed by atoms with Gasteiger partial charge in [0.05, 0.1) is 9.99 Å². The van der Waals surface area contributed by atoms with Crippen LogP contribution in [-0.4, -0.2) is 22.4 Å². The van der Waals surface area contributed by atoms with Crippen molar-refractivity contribution in [2.24, 2.45) is 0 Å². The fourth-order valence-electron chi connectivity index (χ4n) is 1.22. The number of hydrogen-bond acceptors (Lipinski definition) is 3. The molecule has 0 aliphatic heterocycles. The number of ether oxygens (including phenoxy) is 1. The Kier molecular flexibility index (Phi) is 4.71. The summed E-state index contributed by atoms with van der Waals surface area (Å²) in [6.07, 6.45) is -10.8. The van der Waals surface area contributed by atoms with Crippen molar-refractivity contribution in [3.05, 3.63) is 21.0 Å².